The van der Waals surface area contributed by atoms with Crippen LogP contribution in [0.15, 0.2) is 30.3 Å². The van der Waals surface area contributed by atoms with Crippen LogP contribution in [0.3, 0.4) is 0 Å². The molecule has 0 fully saturated rings. The Morgan fingerprint density at radius 3 is 2.41 bits per heavy atom. The summed E-state index contributed by atoms with van der Waals surface area (Å²) in [6.45, 7) is 7.08. The van der Waals surface area contributed by atoms with E-state index in [0.717, 1.165) is 17.2 Å². The van der Waals surface area contributed by atoms with Crippen LogP contribution in [0.5, 0.6) is 5.75 Å². The van der Waals surface area contributed by atoms with E-state index in [2.05, 4.69) is 5.32 Å². The number of aryl methyl sites for hydroxylation is 3. The third-order valence-electron chi connectivity index (χ3n) is 4.50. The quantitative estimate of drug-likeness (QED) is 0.688. The maximum absolute atomic E-state index is 13.5. The molecule has 0 saturated carbocycles. The standard InChI is InChI=1S/C21H24F3NO2/c1-5-15-11-17(21(22,23)24)19(10-14(15)4)27-12-16-13(3)8-7-9-18(16)25-20(26)6-2/h7-11H,5-6,12H2,1-4H3,(H,25,26). The van der Waals surface area contributed by atoms with Gasteiger partial charge in [-0.25, -0.2) is 0 Å². The minimum atomic E-state index is -4.50. The average Bonchev–Trinajstić information content (AvgIpc) is 2.60. The van der Waals surface area contributed by atoms with E-state index < -0.39 is 11.7 Å². The van der Waals surface area contributed by atoms with Crippen LogP contribution in [0.1, 0.15) is 48.1 Å². The molecule has 1 amide bonds. The summed E-state index contributed by atoms with van der Waals surface area (Å²) in [5.41, 5.74) is 2.66. The topological polar surface area (TPSA) is 38.3 Å². The van der Waals surface area contributed by atoms with Gasteiger partial charge in [0.15, 0.2) is 0 Å². The Morgan fingerprint density at radius 2 is 1.81 bits per heavy atom. The molecule has 27 heavy (non-hydrogen) atoms. The first-order chi connectivity index (χ1) is 12.7. The molecule has 0 bridgehead atoms. The van der Waals surface area contributed by atoms with E-state index in [1.807, 2.05) is 19.9 Å². The molecular weight excluding hydrogens is 355 g/mol. The van der Waals surface area contributed by atoms with Crippen LogP contribution < -0.4 is 10.1 Å². The Kier molecular flexibility index (Phi) is 6.52. The number of hydrogen-bond acceptors (Lipinski definition) is 2. The van der Waals surface area contributed by atoms with Crippen molar-refractivity contribution in [2.45, 2.75) is 53.3 Å². The first-order valence-electron chi connectivity index (χ1n) is 8.89. The first-order valence-corrected chi connectivity index (χ1v) is 8.89. The maximum Gasteiger partial charge on any atom is 0.419 e. The zero-order valence-corrected chi connectivity index (χ0v) is 16.0. The zero-order chi connectivity index (χ0) is 20.2. The minimum absolute atomic E-state index is 0.0695. The van der Waals surface area contributed by atoms with Gasteiger partial charge in [0, 0.05) is 17.7 Å². The molecule has 0 radical (unpaired) electrons. The van der Waals surface area contributed by atoms with Crippen LogP contribution >= 0.6 is 0 Å². The molecule has 3 nitrogen and oxygen atoms in total. The molecule has 2 rings (SSSR count). The highest BCUT2D eigenvalue weighted by Crippen LogP contribution is 2.38. The van der Waals surface area contributed by atoms with E-state index in [9.17, 15) is 18.0 Å². The monoisotopic (exact) mass is 379 g/mol. The molecule has 0 aliphatic rings. The molecule has 1 N–H and O–H groups in total. The fourth-order valence-corrected chi connectivity index (χ4v) is 2.85. The molecule has 0 saturated heterocycles. The van der Waals surface area contributed by atoms with Crippen molar-refractivity contribution < 1.29 is 22.7 Å². The van der Waals surface area contributed by atoms with Crippen LogP contribution in [0.25, 0.3) is 0 Å². The molecule has 0 heterocycles. The first kappa shape index (κ1) is 20.8. The number of amides is 1. The summed E-state index contributed by atoms with van der Waals surface area (Å²) in [5, 5.41) is 2.77. The predicted molar refractivity (Wildman–Crippen MR) is 100.0 cm³/mol. The minimum Gasteiger partial charge on any atom is -0.488 e. The molecule has 0 unspecified atom stereocenters. The molecule has 2 aromatic carbocycles. The summed E-state index contributed by atoms with van der Waals surface area (Å²) >= 11 is 0. The highest BCUT2D eigenvalue weighted by atomic mass is 19.4. The molecular formula is C21H24F3NO2. The summed E-state index contributed by atoms with van der Waals surface area (Å²) in [6, 6.07) is 7.92. The molecule has 146 valence electrons. The van der Waals surface area contributed by atoms with Gasteiger partial charge in [0.2, 0.25) is 5.91 Å². The highest BCUT2D eigenvalue weighted by molar-refractivity contribution is 5.91. The highest BCUT2D eigenvalue weighted by Gasteiger charge is 2.35. The van der Waals surface area contributed by atoms with Crippen LogP contribution in [-0.4, -0.2) is 5.91 Å². The molecule has 0 aliphatic heterocycles. The van der Waals surface area contributed by atoms with Gasteiger partial charge in [0.25, 0.3) is 0 Å². The van der Waals surface area contributed by atoms with E-state index in [4.69, 9.17) is 4.74 Å². The normalized spacial score (nSPS) is 11.4. The molecule has 0 aliphatic carbocycles. The Bertz CT molecular complexity index is 829. The number of hydrogen-bond donors (Lipinski definition) is 1. The molecule has 0 spiro atoms. The zero-order valence-electron chi connectivity index (χ0n) is 16.0. The van der Waals surface area contributed by atoms with Crippen molar-refractivity contribution in [1.29, 1.82) is 0 Å². The van der Waals surface area contributed by atoms with Gasteiger partial charge in [-0.1, -0.05) is 26.0 Å². The van der Waals surface area contributed by atoms with Crippen LogP contribution in [0, 0.1) is 13.8 Å². The van der Waals surface area contributed by atoms with Gasteiger partial charge in [-0.3, -0.25) is 4.79 Å². The van der Waals surface area contributed by atoms with Gasteiger partial charge < -0.3 is 10.1 Å². The summed E-state index contributed by atoms with van der Waals surface area (Å²) in [4.78, 5) is 11.7. The number of carbonyl (C=O) groups is 1. The Labute approximate surface area is 157 Å². The van der Waals surface area contributed by atoms with E-state index in [1.54, 1.807) is 26.0 Å². The third kappa shape index (κ3) is 5.02. The number of nitrogens with one attached hydrogen (secondary N) is 1. The van der Waals surface area contributed by atoms with Crippen molar-refractivity contribution in [3.05, 3.63) is 58.1 Å². The Balaban J connectivity index is 2.37. The van der Waals surface area contributed by atoms with Crippen molar-refractivity contribution in [3.63, 3.8) is 0 Å². The van der Waals surface area contributed by atoms with E-state index in [-0.39, 0.29) is 18.3 Å². The lowest BCUT2D eigenvalue weighted by Crippen LogP contribution is -2.14. The van der Waals surface area contributed by atoms with Gasteiger partial charge in [-0.15, -0.1) is 0 Å². The molecule has 0 atom stereocenters. The van der Waals surface area contributed by atoms with E-state index in [1.165, 1.54) is 6.07 Å². The number of benzene rings is 2. The number of ether oxygens (including phenoxy) is 1. The number of anilines is 1. The predicted octanol–water partition coefficient (Wildman–Crippen LogP) is 5.81. The molecule has 2 aromatic rings. The van der Waals surface area contributed by atoms with Gasteiger partial charge in [0.1, 0.15) is 12.4 Å². The maximum atomic E-state index is 13.5. The molecule has 0 aromatic heterocycles. The number of carbonyl (C=O) groups excluding carboxylic acids is 1. The van der Waals surface area contributed by atoms with Crippen LogP contribution in [-0.2, 0) is 24.0 Å². The Morgan fingerprint density at radius 1 is 1.11 bits per heavy atom. The van der Waals surface area contributed by atoms with Gasteiger partial charge >= 0.3 is 6.18 Å². The SMILES string of the molecule is CCC(=O)Nc1cccc(C)c1COc1cc(C)c(CC)cc1C(F)(F)F. The fraction of sp³-hybridized carbons (Fsp3) is 0.381. The summed E-state index contributed by atoms with van der Waals surface area (Å²) in [6.07, 6.45) is -3.68. The lowest BCUT2D eigenvalue weighted by atomic mass is 10.0. The average molecular weight is 379 g/mol. The van der Waals surface area contributed by atoms with Crippen LogP contribution in [0.4, 0.5) is 18.9 Å². The third-order valence-corrected chi connectivity index (χ3v) is 4.50. The smallest absolute Gasteiger partial charge is 0.419 e. The number of halogens is 3. The summed E-state index contributed by atoms with van der Waals surface area (Å²) < 4.78 is 46.0. The summed E-state index contributed by atoms with van der Waals surface area (Å²) in [5.74, 6) is -0.366. The molecule has 6 heteroatoms. The summed E-state index contributed by atoms with van der Waals surface area (Å²) in [7, 11) is 0. The second-order valence-electron chi connectivity index (χ2n) is 6.42. The van der Waals surface area contributed by atoms with Crippen LogP contribution in [0.2, 0.25) is 0 Å². The lowest BCUT2D eigenvalue weighted by Gasteiger charge is -2.19. The van der Waals surface area contributed by atoms with Gasteiger partial charge in [0.05, 0.1) is 5.56 Å². The van der Waals surface area contributed by atoms with Gasteiger partial charge in [-0.2, -0.15) is 13.2 Å². The largest absolute Gasteiger partial charge is 0.488 e. The number of alkyl halides is 3. The van der Waals surface area contributed by atoms with E-state index >= 15 is 0 Å². The van der Waals surface area contributed by atoms with Crippen molar-refractivity contribution in [3.8, 4) is 5.75 Å². The second kappa shape index (κ2) is 8.46. The van der Waals surface area contributed by atoms with Gasteiger partial charge in [-0.05, 0) is 55.2 Å². The van der Waals surface area contributed by atoms with Crippen molar-refractivity contribution in [1.82, 2.24) is 0 Å². The fourth-order valence-electron chi connectivity index (χ4n) is 2.85. The second-order valence-corrected chi connectivity index (χ2v) is 6.42. The Hall–Kier alpha value is -2.50. The van der Waals surface area contributed by atoms with E-state index in [0.29, 0.717) is 29.7 Å². The lowest BCUT2D eigenvalue weighted by molar-refractivity contribution is -0.139. The van der Waals surface area contributed by atoms with Crippen molar-refractivity contribution in [2.75, 3.05) is 5.32 Å². The van der Waals surface area contributed by atoms with Crippen molar-refractivity contribution >= 4 is 11.6 Å². The van der Waals surface area contributed by atoms with Crippen molar-refractivity contribution in [2.24, 2.45) is 0 Å². The number of rotatable bonds is 6.